The van der Waals surface area contributed by atoms with Crippen LogP contribution in [0.25, 0.3) is 6.08 Å². The fourth-order valence-electron chi connectivity index (χ4n) is 1.96. The Bertz CT molecular complexity index is 519. The SMILES string of the molecule is CCOC(=O)/C=C/c1cc2c(c(C)c1OC)OCO2. The lowest BCUT2D eigenvalue weighted by atomic mass is 10.1. The summed E-state index contributed by atoms with van der Waals surface area (Å²) in [7, 11) is 1.58. The first-order chi connectivity index (χ1) is 9.17. The van der Waals surface area contributed by atoms with Crippen molar-refractivity contribution in [2.45, 2.75) is 13.8 Å². The molecule has 0 unspecified atom stereocenters. The maximum Gasteiger partial charge on any atom is 0.330 e. The quantitative estimate of drug-likeness (QED) is 0.617. The molecule has 0 radical (unpaired) electrons. The minimum atomic E-state index is -0.389. The number of carbonyl (C=O) groups is 1. The summed E-state index contributed by atoms with van der Waals surface area (Å²) in [6.45, 7) is 4.19. The molecule has 0 saturated heterocycles. The molecule has 1 aliphatic heterocycles. The molecule has 1 aromatic rings. The van der Waals surface area contributed by atoms with Gasteiger partial charge in [0.15, 0.2) is 11.5 Å². The molecule has 0 amide bonds. The highest BCUT2D eigenvalue weighted by atomic mass is 16.7. The van der Waals surface area contributed by atoms with E-state index in [0.717, 1.165) is 11.1 Å². The smallest absolute Gasteiger partial charge is 0.330 e. The van der Waals surface area contributed by atoms with E-state index in [1.807, 2.05) is 6.92 Å². The van der Waals surface area contributed by atoms with E-state index in [1.165, 1.54) is 6.08 Å². The average Bonchev–Trinajstić information content (AvgIpc) is 2.85. The van der Waals surface area contributed by atoms with Gasteiger partial charge in [-0.05, 0) is 26.0 Å². The van der Waals surface area contributed by atoms with E-state index in [2.05, 4.69) is 0 Å². The number of hydrogen-bond donors (Lipinski definition) is 0. The minimum absolute atomic E-state index is 0.199. The van der Waals surface area contributed by atoms with Gasteiger partial charge in [-0.1, -0.05) is 0 Å². The van der Waals surface area contributed by atoms with Gasteiger partial charge >= 0.3 is 5.97 Å². The van der Waals surface area contributed by atoms with Gasteiger partial charge in [-0.25, -0.2) is 4.79 Å². The molecule has 0 atom stereocenters. The Morgan fingerprint density at radius 1 is 1.47 bits per heavy atom. The zero-order valence-corrected chi connectivity index (χ0v) is 11.2. The fourth-order valence-corrected chi connectivity index (χ4v) is 1.96. The minimum Gasteiger partial charge on any atom is -0.496 e. The summed E-state index contributed by atoms with van der Waals surface area (Å²) < 4.78 is 20.9. The molecular weight excluding hydrogens is 248 g/mol. The van der Waals surface area contributed by atoms with Crippen LogP contribution in [-0.2, 0) is 9.53 Å². The van der Waals surface area contributed by atoms with Crippen LogP contribution in [0.5, 0.6) is 17.2 Å². The van der Waals surface area contributed by atoms with E-state index in [1.54, 1.807) is 26.2 Å². The van der Waals surface area contributed by atoms with Crippen LogP contribution in [0.1, 0.15) is 18.1 Å². The third kappa shape index (κ3) is 2.65. The molecular formula is C14H16O5. The second-order valence-electron chi connectivity index (χ2n) is 3.94. The van der Waals surface area contributed by atoms with Crippen LogP contribution in [0.15, 0.2) is 12.1 Å². The van der Waals surface area contributed by atoms with Gasteiger partial charge in [0.1, 0.15) is 5.75 Å². The van der Waals surface area contributed by atoms with Crippen LogP contribution in [0, 0.1) is 6.92 Å². The van der Waals surface area contributed by atoms with E-state index >= 15 is 0 Å². The molecule has 0 bridgehead atoms. The van der Waals surface area contributed by atoms with Crippen LogP contribution < -0.4 is 14.2 Å². The Kier molecular flexibility index (Phi) is 3.94. The maximum absolute atomic E-state index is 11.3. The van der Waals surface area contributed by atoms with Gasteiger partial charge in [0.2, 0.25) is 6.79 Å². The van der Waals surface area contributed by atoms with Gasteiger partial charge < -0.3 is 18.9 Å². The zero-order valence-electron chi connectivity index (χ0n) is 11.2. The van der Waals surface area contributed by atoms with Crippen molar-refractivity contribution >= 4 is 12.0 Å². The number of ether oxygens (including phenoxy) is 4. The summed E-state index contributed by atoms with van der Waals surface area (Å²) >= 11 is 0. The predicted molar refractivity (Wildman–Crippen MR) is 69.5 cm³/mol. The van der Waals surface area contributed by atoms with Crippen molar-refractivity contribution in [1.29, 1.82) is 0 Å². The second-order valence-corrected chi connectivity index (χ2v) is 3.94. The molecule has 2 rings (SSSR count). The van der Waals surface area contributed by atoms with Crippen molar-refractivity contribution in [1.82, 2.24) is 0 Å². The van der Waals surface area contributed by atoms with Gasteiger partial charge in [0.05, 0.1) is 13.7 Å². The summed E-state index contributed by atoms with van der Waals surface area (Å²) in [4.78, 5) is 11.3. The standard InChI is InChI=1S/C14H16O5/c1-4-17-12(15)6-5-10-7-11-14(19-8-18-11)9(2)13(10)16-3/h5-7H,4,8H2,1-3H3/b6-5+. The number of methoxy groups -OCH3 is 1. The van der Waals surface area contributed by atoms with E-state index in [9.17, 15) is 4.79 Å². The molecule has 0 aliphatic carbocycles. The predicted octanol–water partition coefficient (Wildman–Crippen LogP) is 2.31. The molecule has 0 spiro atoms. The van der Waals surface area contributed by atoms with Crippen molar-refractivity contribution in [3.05, 3.63) is 23.3 Å². The highest BCUT2D eigenvalue weighted by Gasteiger charge is 2.21. The van der Waals surface area contributed by atoms with E-state index in [0.29, 0.717) is 23.9 Å². The molecule has 0 fully saturated rings. The van der Waals surface area contributed by atoms with Gasteiger partial charge in [0.25, 0.3) is 0 Å². The third-order valence-electron chi connectivity index (χ3n) is 2.76. The van der Waals surface area contributed by atoms with E-state index < -0.39 is 0 Å². The third-order valence-corrected chi connectivity index (χ3v) is 2.76. The van der Waals surface area contributed by atoms with Crippen LogP contribution in [0.4, 0.5) is 0 Å². The number of fused-ring (bicyclic) bond motifs is 1. The van der Waals surface area contributed by atoms with Crippen LogP contribution in [0.2, 0.25) is 0 Å². The Labute approximate surface area is 111 Å². The van der Waals surface area contributed by atoms with Crippen LogP contribution >= 0.6 is 0 Å². The van der Waals surface area contributed by atoms with E-state index in [4.69, 9.17) is 18.9 Å². The lowest BCUT2D eigenvalue weighted by molar-refractivity contribution is -0.137. The number of hydrogen-bond acceptors (Lipinski definition) is 5. The zero-order chi connectivity index (χ0) is 13.8. The summed E-state index contributed by atoms with van der Waals surface area (Å²) in [5, 5.41) is 0. The first-order valence-corrected chi connectivity index (χ1v) is 5.99. The number of carbonyl (C=O) groups excluding carboxylic acids is 1. The fraction of sp³-hybridized carbons (Fsp3) is 0.357. The molecule has 1 aromatic carbocycles. The highest BCUT2D eigenvalue weighted by molar-refractivity contribution is 5.88. The number of rotatable bonds is 4. The molecule has 0 aromatic heterocycles. The number of esters is 1. The van der Waals surface area contributed by atoms with Crippen LogP contribution in [0.3, 0.4) is 0 Å². The lowest BCUT2D eigenvalue weighted by Crippen LogP contribution is -1.99. The van der Waals surface area contributed by atoms with Crippen molar-refractivity contribution < 1.29 is 23.7 Å². The van der Waals surface area contributed by atoms with Crippen molar-refractivity contribution in [3.8, 4) is 17.2 Å². The Morgan fingerprint density at radius 2 is 2.26 bits per heavy atom. The van der Waals surface area contributed by atoms with Gasteiger partial charge in [-0.15, -0.1) is 0 Å². The first kappa shape index (κ1) is 13.3. The summed E-state index contributed by atoms with van der Waals surface area (Å²) in [6.07, 6.45) is 3.01. The second kappa shape index (κ2) is 5.65. The first-order valence-electron chi connectivity index (χ1n) is 5.99. The highest BCUT2D eigenvalue weighted by Crippen LogP contribution is 2.43. The maximum atomic E-state index is 11.3. The average molecular weight is 264 g/mol. The van der Waals surface area contributed by atoms with E-state index in [-0.39, 0.29) is 12.8 Å². The molecule has 0 N–H and O–H groups in total. The molecule has 1 aliphatic rings. The van der Waals surface area contributed by atoms with Gasteiger partial charge in [-0.3, -0.25) is 0 Å². The van der Waals surface area contributed by atoms with Crippen LogP contribution in [-0.4, -0.2) is 26.5 Å². The Hall–Kier alpha value is -2.17. The molecule has 1 heterocycles. The van der Waals surface area contributed by atoms with Gasteiger partial charge in [-0.2, -0.15) is 0 Å². The molecule has 19 heavy (non-hydrogen) atoms. The molecule has 102 valence electrons. The molecule has 5 heteroatoms. The molecule has 5 nitrogen and oxygen atoms in total. The summed E-state index contributed by atoms with van der Waals surface area (Å²) in [5.74, 6) is 1.61. The van der Waals surface area contributed by atoms with Crippen molar-refractivity contribution in [2.75, 3.05) is 20.5 Å². The van der Waals surface area contributed by atoms with Crippen molar-refractivity contribution in [3.63, 3.8) is 0 Å². The topological polar surface area (TPSA) is 54.0 Å². The largest absolute Gasteiger partial charge is 0.496 e. The Balaban J connectivity index is 2.35. The van der Waals surface area contributed by atoms with Gasteiger partial charge in [0, 0.05) is 17.2 Å². The summed E-state index contributed by atoms with van der Waals surface area (Å²) in [5.41, 5.74) is 1.60. The summed E-state index contributed by atoms with van der Waals surface area (Å²) in [6, 6.07) is 1.78. The Morgan fingerprint density at radius 3 is 2.95 bits per heavy atom. The molecule has 0 saturated carbocycles. The van der Waals surface area contributed by atoms with Crippen molar-refractivity contribution in [2.24, 2.45) is 0 Å². The lowest BCUT2D eigenvalue weighted by Gasteiger charge is -2.11. The number of benzene rings is 1. The normalized spacial score (nSPS) is 12.8. The monoisotopic (exact) mass is 264 g/mol.